The highest BCUT2D eigenvalue weighted by Crippen LogP contribution is 2.22. The highest BCUT2D eigenvalue weighted by atomic mass is 32.2. The minimum absolute atomic E-state index is 0.0713. The molecule has 4 heteroatoms. The number of hydrogen-bond acceptors (Lipinski definition) is 3. The van der Waals surface area contributed by atoms with Gasteiger partial charge in [-0.3, -0.25) is 0 Å². The first-order chi connectivity index (χ1) is 8.09. The van der Waals surface area contributed by atoms with Crippen molar-refractivity contribution in [1.82, 2.24) is 0 Å². The molecule has 1 aliphatic rings. The summed E-state index contributed by atoms with van der Waals surface area (Å²) < 4.78 is 24.2. The van der Waals surface area contributed by atoms with Gasteiger partial charge >= 0.3 is 0 Å². The first kappa shape index (κ1) is 12.3. The minimum atomic E-state index is -3.32. The van der Waals surface area contributed by atoms with Gasteiger partial charge in [-0.2, -0.15) is 0 Å². The molecule has 1 aromatic rings. The van der Waals surface area contributed by atoms with Gasteiger partial charge < -0.3 is 5.11 Å². The van der Waals surface area contributed by atoms with Gasteiger partial charge in [0, 0.05) is 0 Å². The van der Waals surface area contributed by atoms with Crippen molar-refractivity contribution in [3.63, 3.8) is 0 Å². The van der Waals surface area contributed by atoms with Crippen LogP contribution in [0, 0.1) is 0 Å². The van der Waals surface area contributed by atoms with Gasteiger partial charge in [-0.15, -0.1) is 0 Å². The lowest BCUT2D eigenvalue weighted by Crippen LogP contribution is -2.21. The molecule has 1 aromatic carbocycles. The third-order valence-corrected chi connectivity index (χ3v) is 4.68. The Bertz CT molecular complexity index is 503. The summed E-state index contributed by atoms with van der Waals surface area (Å²) in [7, 11) is -3.32. The molecule has 0 bridgehead atoms. The van der Waals surface area contributed by atoms with Crippen LogP contribution in [0.3, 0.4) is 0 Å². The number of sulfone groups is 1. The van der Waals surface area contributed by atoms with Crippen molar-refractivity contribution in [3.05, 3.63) is 42.0 Å². The van der Waals surface area contributed by atoms with Crippen LogP contribution in [0.25, 0.3) is 0 Å². The van der Waals surface area contributed by atoms with Crippen LogP contribution in [0.4, 0.5) is 0 Å². The van der Waals surface area contributed by atoms with E-state index in [0.717, 1.165) is 12.8 Å². The molecule has 0 spiro atoms. The van der Waals surface area contributed by atoms with E-state index in [9.17, 15) is 13.5 Å². The molecule has 0 amide bonds. The average molecular weight is 252 g/mol. The summed E-state index contributed by atoms with van der Waals surface area (Å²) in [5.41, 5.74) is 0.639. The third-order valence-electron chi connectivity index (χ3n) is 2.98. The fourth-order valence-electron chi connectivity index (χ4n) is 2.01. The zero-order chi connectivity index (χ0) is 12.3. The van der Waals surface area contributed by atoms with Crippen LogP contribution in [0.5, 0.6) is 0 Å². The lowest BCUT2D eigenvalue weighted by molar-refractivity contribution is 0.191. The quantitative estimate of drug-likeness (QED) is 0.836. The number of rotatable bonds is 3. The van der Waals surface area contributed by atoms with Crippen molar-refractivity contribution < 1.29 is 13.5 Å². The van der Waals surface area contributed by atoms with Gasteiger partial charge in [-0.05, 0) is 37.0 Å². The van der Waals surface area contributed by atoms with Crippen LogP contribution in [-0.2, 0) is 9.84 Å². The van der Waals surface area contributed by atoms with E-state index in [-0.39, 0.29) is 5.75 Å². The largest absolute Gasteiger partial charge is 0.389 e. The number of aliphatic hydroxyl groups excluding tert-OH is 1. The first-order valence-corrected chi connectivity index (χ1v) is 7.39. The van der Waals surface area contributed by atoms with E-state index in [1.807, 2.05) is 6.08 Å². The van der Waals surface area contributed by atoms with Crippen LogP contribution in [0.2, 0.25) is 0 Å². The second kappa shape index (κ2) is 5.02. The fourth-order valence-corrected chi connectivity index (χ4v) is 3.49. The maximum atomic E-state index is 12.1. The Labute approximate surface area is 102 Å². The smallest absolute Gasteiger partial charge is 0.182 e. The van der Waals surface area contributed by atoms with E-state index in [1.54, 1.807) is 30.3 Å². The summed E-state index contributed by atoms with van der Waals surface area (Å²) >= 11 is 0. The van der Waals surface area contributed by atoms with Crippen molar-refractivity contribution in [2.75, 3.05) is 5.75 Å². The number of hydrogen-bond donors (Lipinski definition) is 1. The fraction of sp³-hybridized carbons (Fsp3) is 0.385. The summed E-state index contributed by atoms with van der Waals surface area (Å²) in [5.74, 6) is -0.0713. The summed E-state index contributed by atoms with van der Waals surface area (Å²) in [6.07, 6.45) is 3.71. The van der Waals surface area contributed by atoms with Crippen LogP contribution in [-0.4, -0.2) is 25.4 Å². The van der Waals surface area contributed by atoms with E-state index in [2.05, 4.69) is 0 Å². The molecular formula is C13H16O3S. The lowest BCUT2D eigenvalue weighted by atomic mass is 9.98. The predicted octanol–water partition coefficient (Wildman–Crippen LogP) is 1.93. The molecule has 17 heavy (non-hydrogen) atoms. The summed E-state index contributed by atoms with van der Waals surface area (Å²) in [6, 6.07) is 8.38. The molecule has 1 atom stereocenters. The van der Waals surface area contributed by atoms with E-state index in [0.29, 0.717) is 16.9 Å². The van der Waals surface area contributed by atoms with Gasteiger partial charge in [0.25, 0.3) is 0 Å². The molecule has 0 fully saturated rings. The van der Waals surface area contributed by atoms with Gasteiger partial charge in [-0.25, -0.2) is 8.42 Å². The molecule has 1 N–H and O–H groups in total. The van der Waals surface area contributed by atoms with Gasteiger partial charge in [0.1, 0.15) is 0 Å². The van der Waals surface area contributed by atoms with Gasteiger partial charge in [-0.1, -0.05) is 24.3 Å². The number of allylic oxidation sites excluding steroid dienone is 1. The molecular weight excluding hydrogens is 236 g/mol. The van der Waals surface area contributed by atoms with Crippen molar-refractivity contribution in [2.45, 2.75) is 30.3 Å². The zero-order valence-electron chi connectivity index (χ0n) is 9.54. The van der Waals surface area contributed by atoms with Crippen molar-refractivity contribution in [3.8, 4) is 0 Å². The summed E-state index contributed by atoms with van der Waals surface area (Å²) in [4.78, 5) is 0.318. The topological polar surface area (TPSA) is 54.4 Å². The average Bonchev–Trinajstić information content (AvgIpc) is 2.33. The monoisotopic (exact) mass is 252 g/mol. The lowest BCUT2D eigenvalue weighted by Gasteiger charge is -2.19. The highest BCUT2D eigenvalue weighted by Gasteiger charge is 2.22. The molecule has 3 nitrogen and oxygen atoms in total. The van der Waals surface area contributed by atoms with Gasteiger partial charge in [0.15, 0.2) is 9.84 Å². The minimum Gasteiger partial charge on any atom is -0.389 e. The van der Waals surface area contributed by atoms with Crippen molar-refractivity contribution in [1.29, 1.82) is 0 Å². The second-order valence-corrected chi connectivity index (χ2v) is 6.29. The maximum Gasteiger partial charge on any atom is 0.182 e. The molecule has 0 aromatic heterocycles. The Morgan fingerprint density at radius 1 is 1.24 bits per heavy atom. The second-order valence-electron chi connectivity index (χ2n) is 4.30. The predicted molar refractivity (Wildman–Crippen MR) is 66.4 cm³/mol. The van der Waals surface area contributed by atoms with Crippen LogP contribution in [0.15, 0.2) is 46.9 Å². The van der Waals surface area contributed by atoms with Crippen molar-refractivity contribution >= 4 is 9.84 Å². The molecule has 0 saturated carbocycles. The van der Waals surface area contributed by atoms with Crippen molar-refractivity contribution in [2.24, 2.45) is 0 Å². The SMILES string of the molecule is O=S(=O)(CC1=CCCCC1O)c1ccccc1. The van der Waals surface area contributed by atoms with Crippen LogP contribution in [0.1, 0.15) is 19.3 Å². The van der Waals surface area contributed by atoms with E-state index in [4.69, 9.17) is 0 Å². The molecule has 2 rings (SSSR count). The third kappa shape index (κ3) is 2.96. The molecule has 1 unspecified atom stereocenters. The molecule has 0 aliphatic heterocycles. The van der Waals surface area contributed by atoms with Gasteiger partial charge in [0.05, 0.1) is 16.8 Å². The zero-order valence-corrected chi connectivity index (χ0v) is 10.4. The van der Waals surface area contributed by atoms with E-state index in [1.165, 1.54) is 0 Å². The van der Waals surface area contributed by atoms with E-state index < -0.39 is 15.9 Å². The Balaban J connectivity index is 2.21. The Morgan fingerprint density at radius 3 is 2.59 bits per heavy atom. The molecule has 0 saturated heterocycles. The number of aliphatic hydroxyl groups is 1. The normalized spacial score (nSPS) is 21.0. The standard InChI is InChI=1S/C13H16O3S/c14-13-9-5-4-6-11(13)10-17(15,16)12-7-2-1-3-8-12/h1-3,6-8,13-14H,4-5,9-10H2. The first-order valence-electron chi connectivity index (χ1n) is 5.74. The Morgan fingerprint density at radius 2 is 1.94 bits per heavy atom. The summed E-state index contributed by atoms with van der Waals surface area (Å²) in [5, 5.41) is 9.75. The highest BCUT2D eigenvalue weighted by molar-refractivity contribution is 7.91. The van der Waals surface area contributed by atoms with Crippen LogP contribution >= 0.6 is 0 Å². The maximum absolute atomic E-state index is 12.1. The Kier molecular flexibility index (Phi) is 3.64. The molecule has 0 heterocycles. The molecule has 92 valence electrons. The van der Waals surface area contributed by atoms with Crippen LogP contribution < -0.4 is 0 Å². The molecule has 1 aliphatic carbocycles. The van der Waals surface area contributed by atoms with E-state index >= 15 is 0 Å². The summed E-state index contributed by atoms with van der Waals surface area (Å²) in [6.45, 7) is 0. The molecule has 0 radical (unpaired) electrons. The Hall–Kier alpha value is -1.13. The van der Waals surface area contributed by atoms with Gasteiger partial charge in [0.2, 0.25) is 0 Å². The number of benzene rings is 1.